The smallest absolute Gasteiger partial charge is 0.246 e. The van der Waals surface area contributed by atoms with Crippen molar-refractivity contribution in [2.45, 2.75) is 40.2 Å². The third kappa shape index (κ3) is 4.10. The highest BCUT2D eigenvalue weighted by Crippen LogP contribution is 2.18. The SMILES string of the molecule is CCc1ccc(NC(=O)[C@@H](C)Nc2cc(C)ccc2C)cc1. The molecule has 2 aromatic carbocycles. The van der Waals surface area contributed by atoms with Gasteiger partial charge in [-0.15, -0.1) is 0 Å². The molecule has 0 aliphatic rings. The third-order valence-corrected chi connectivity index (χ3v) is 3.79. The molecule has 0 aromatic heterocycles. The third-order valence-electron chi connectivity index (χ3n) is 3.79. The molecule has 1 amide bonds. The van der Waals surface area contributed by atoms with E-state index in [4.69, 9.17) is 0 Å². The molecular weight excluding hydrogens is 272 g/mol. The number of nitrogens with one attached hydrogen (secondary N) is 2. The predicted molar refractivity (Wildman–Crippen MR) is 93.5 cm³/mol. The molecule has 0 heterocycles. The topological polar surface area (TPSA) is 41.1 Å². The Kier molecular flexibility index (Phi) is 5.21. The van der Waals surface area contributed by atoms with Crippen LogP contribution in [0.3, 0.4) is 0 Å². The van der Waals surface area contributed by atoms with Crippen molar-refractivity contribution in [3.8, 4) is 0 Å². The van der Waals surface area contributed by atoms with E-state index >= 15 is 0 Å². The Balaban J connectivity index is 2.00. The maximum absolute atomic E-state index is 12.3. The molecule has 0 aliphatic carbocycles. The summed E-state index contributed by atoms with van der Waals surface area (Å²) in [6, 6.07) is 13.9. The Hall–Kier alpha value is -2.29. The number of benzene rings is 2. The number of amides is 1. The van der Waals surface area contributed by atoms with Crippen LogP contribution in [0.25, 0.3) is 0 Å². The fourth-order valence-electron chi connectivity index (χ4n) is 2.26. The van der Waals surface area contributed by atoms with Gasteiger partial charge in [0.25, 0.3) is 0 Å². The van der Waals surface area contributed by atoms with Gasteiger partial charge in [-0.05, 0) is 62.1 Å². The first-order chi connectivity index (χ1) is 10.5. The van der Waals surface area contributed by atoms with Crippen LogP contribution in [0, 0.1) is 13.8 Å². The molecule has 0 aliphatic heterocycles. The van der Waals surface area contributed by atoms with E-state index in [0.717, 1.165) is 23.4 Å². The van der Waals surface area contributed by atoms with Crippen LogP contribution in [0.5, 0.6) is 0 Å². The summed E-state index contributed by atoms with van der Waals surface area (Å²) in [5.41, 5.74) is 5.41. The van der Waals surface area contributed by atoms with Gasteiger partial charge >= 0.3 is 0 Å². The number of hydrogen-bond donors (Lipinski definition) is 2. The van der Waals surface area contributed by atoms with Crippen molar-refractivity contribution in [1.29, 1.82) is 0 Å². The van der Waals surface area contributed by atoms with Gasteiger partial charge in [-0.2, -0.15) is 0 Å². The molecule has 0 saturated heterocycles. The molecule has 22 heavy (non-hydrogen) atoms. The van der Waals surface area contributed by atoms with Crippen LogP contribution in [0.15, 0.2) is 42.5 Å². The van der Waals surface area contributed by atoms with Gasteiger partial charge in [0.15, 0.2) is 0 Å². The average Bonchev–Trinajstić information content (AvgIpc) is 2.51. The molecule has 0 saturated carbocycles. The second-order valence-electron chi connectivity index (χ2n) is 5.72. The van der Waals surface area contributed by atoms with Gasteiger partial charge in [0.05, 0.1) is 0 Å². The maximum atomic E-state index is 12.3. The minimum Gasteiger partial charge on any atom is -0.374 e. The number of carbonyl (C=O) groups is 1. The molecule has 0 unspecified atom stereocenters. The van der Waals surface area contributed by atoms with Crippen LogP contribution in [-0.4, -0.2) is 11.9 Å². The summed E-state index contributed by atoms with van der Waals surface area (Å²) >= 11 is 0. The lowest BCUT2D eigenvalue weighted by Crippen LogP contribution is -2.32. The van der Waals surface area contributed by atoms with E-state index in [9.17, 15) is 4.79 Å². The average molecular weight is 296 g/mol. The van der Waals surface area contributed by atoms with Gasteiger partial charge in [-0.3, -0.25) is 4.79 Å². The van der Waals surface area contributed by atoms with Crippen LogP contribution in [0.2, 0.25) is 0 Å². The highest BCUT2D eigenvalue weighted by Gasteiger charge is 2.13. The molecule has 3 nitrogen and oxygen atoms in total. The van der Waals surface area contributed by atoms with Gasteiger partial charge in [0.1, 0.15) is 6.04 Å². The Morgan fingerprint density at radius 1 is 1.09 bits per heavy atom. The molecule has 0 spiro atoms. The number of anilines is 2. The van der Waals surface area contributed by atoms with Crippen LogP contribution in [-0.2, 0) is 11.2 Å². The summed E-state index contributed by atoms with van der Waals surface area (Å²) in [6.45, 7) is 8.07. The van der Waals surface area contributed by atoms with E-state index in [0.29, 0.717) is 0 Å². The van der Waals surface area contributed by atoms with Crippen molar-refractivity contribution in [3.63, 3.8) is 0 Å². The first-order valence-electron chi connectivity index (χ1n) is 7.73. The van der Waals surface area contributed by atoms with Crippen molar-refractivity contribution in [1.82, 2.24) is 0 Å². The fourth-order valence-corrected chi connectivity index (χ4v) is 2.26. The second kappa shape index (κ2) is 7.12. The number of aryl methyl sites for hydroxylation is 3. The zero-order valence-electron chi connectivity index (χ0n) is 13.7. The van der Waals surface area contributed by atoms with Gasteiger partial charge in [-0.1, -0.05) is 31.2 Å². The monoisotopic (exact) mass is 296 g/mol. The van der Waals surface area contributed by atoms with Gasteiger partial charge < -0.3 is 10.6 Å². The normalized spacial score (nSPS) is 11.8. The Bertz CT molecular complexity index is 647. The van der Waals surface area contributed by atoms with Crippen LogP contribution in [0.4, 0.5) is 11.4 Å². The molecule has 116 valence electrons. The maximum Gasteiger partial charge on any atom is 0.246 e. The summed E-state index contributed by atoms with van der Waals surface area (Å²) < 4.78 is 0. The summed E-state index contributed by atoms with van der Waals surface area (Å²) in [4.78, 5) is 12.3. The molecule has 0 fully saturated rings. The molecule has 2 rings (SSSR count). The fraction of sp³-hybridized carbons (Fsp3) is 0.316. The van der Waals surface area contributed by atoms with Gasteiger partial charge in [-0.25, -0.2) is 0 Å². The number of hydrogen-bond acceptors (Lipinski definition) is 2. The van der Waals surface area contributed by atoms with Crippen molar-refractivity contribution < 1.29 is 4.79 Å². The second-order valence-corrected chi connectivity index (χ2v) is 5.72. The Morgan fingerprint density at radius 2 is 1.77 bits per heavy atom. The van der Waals surface area contributed by atoms with Crippen LogP contribution >= 0.6 is 0 Å². The minimum atomic E-state index is -0.300. The molecular formula is C19H24N2O. The largest absolute Gasteiger partial charge is 0.374 e. The lowest BCUT2D eigenvalue weighted by molar-refractivity contribution is -0.116. The lowest BCUT2D eigenvalue weighted by Gasteiger charge is -2.17. The van der Waals surface area contributed by atoms with Crippen molar-refractivity contribution in [3.05, 3.63) is 59.2 Å². The minimum absolute atomic E-state index is 0.0369. The van der Waals surface area contributed by atoms with E-state index in [1.807, 2.05) is 45.0 Å². The molecule has 3 heteroatoms. The summed E-state index contributed by atoms with van der Waals surface area (Å²) in [7, 11) is 0. The van der Waals surface area contributed by atoms with E-state index in [1.54, 1.807) is 0 Å². The van der Waals surface area contributed by atoms with E-state index in [1.165, 1.54) is 11.1 Å². The van der Waals surface area contributed by atoms with Gasteiger partial charge in [0.2, 0.25) is 5.91 Å². The molecule has 1 atom stereocenters. The lowest BCUT2D eigenvalue weighted by atomic mass is 10.1. The first-order valence-corrected chi connectivity index (χ1v) is 7.73. The first kappa shape index (κ1) is 16.1. The highest BCUT2D eigenvalue weighted by molar-refractivity contribution is 5.96. The summed E-state index contributed by atoms with van der Waals surface area (Å²) in [5.74, 6) is -0.0369. The summed E-state index contributed by atoms with van der Waals surface area (Å²) in [5, 5.41) is 6.23. The zero-order chi connectivity index (χ0) is 16.1. The summed E-state index contributed by atoms with van der Waals surface area (Å²) in [6.07, 6.45) is 0.999. The van der Waals surface area contributed by atoms with E-state index < -0.39 is 0 Å². The molecule has 0 bridgehead atoms. The number of rotatable bonds is 5. The Labute approximate surface area is 132 Å². The standard InChI is InChI=1S/C19H24N2O/c1-5-16-8-10-17(11-9-16)21-19(22)15(4)20-18-12-13(2)6-7-14(18)3/h6-12,15,20H,5H2,1-4H3,(H,21,22)/t15-/m1/s1. The van der Waals surface area contributed by atoms with Crippen LogP contribution < -0.4 is 10.6 Å². The van der Waals surface area contributed by atoms with E-state index in [2.05, 4.69) is 35.8 Å². The van der Waals surface area contributed by atoms with Crippen molar-refractivity contribution in [2.75, 3.05) is 10.6 Å². The van der Waals surface area contributed by atoms with Crippen LogP contribution in [0.1, 0.15) is 30.5 Å². The Morgan fingerprint density at radius 3 is 2.41 bits per heavy atom. The predicted octanol–water partition coefficient (Wildman–Crippen LogP) is 4.30. The molecule has 2 N–H and O–H groups in total. The van der Waals surface area contributed by atoms with Crippen molar-refractivity contribution >= 4 is 17.3 Å². The number of carbonyl (C=O) groups excluding carboxylic acids is 1. The molecule has 0 radical (unpaired) electrons. The zero-order valence-corrected chi connectivity index (χ0v) is 13.7. The molecule has 2 aromatic rings. The van der Waals surface area contributed by atoms with E-state index in [-0.39, 0.29) is 11.9 Å². The highest BCUT2D eigenvalue weighted by atomic mass is 16.2. The quantitative estimate of drug-likeness (QED) is 0.863. The van der Waals surface area contributed by atoms with Gasteiger partial charge in [0, 0.05) is 11.4 Å². The van der Waals surface area contributed by atoms with Crippen molar-refractivity contribution in [2.24, 2.45) is 0 Å².